The molecule has 3 aromatic carbocycles. The van der Waals surface area contributed by atoms with E-state index in [4.69, 9.17) is 0 Å². The van der Waals surface area contributed by atoms with Crippen LogP contribution >= 0.6 is 0 Å². The monoisotopic (exact) mass is 561 g/mol. The molecule has 0 aromatic heterocycles. The molecule has 0 unspecified atom stereocenters. The van der Waals surface area contributed by atoms with Crippen molar-refractivity contribution in [1.29, 1.82) is 0 Å². The first kappa shape index (κ1) is 28.2. The molecular formula is C31H33F2N5O3. The highest BCUT2D eigenvalue weighted by atomic mass is 19.1. The number of carbonyl (C=O) groups excluding carboxylic acids is 3. The van der Waals surface area contributed by atoms with Gasteiger partial charge in [0, 0.05) is 32.2 Å². The van der Waals surface area contributed by atoms with Gasteiger partial charge in [-0.3, -0.25) is 14.6 Å². The zero-order valence-electron chi connectivity index (χ0n) is 23.1. The van der Waals surface area contributed by atoms with E-state index < -0.39 is 23.8 Å². The second-order valence-corrected chi connectivity index (χ2v) is 10.4. The summed E-state index contributed by atoms with van der Waals surface area (Å²) in [6.07, 6.45) is -0.0376. The normalized spacial score (nSPS) is 18.9. The molecule has 0 bridgehead atoms. The molecule has 3 aromatic rings. The summed E-state index contributed by atoms with van der Waals surface area (Å²) in [7, 11) is 1.71. The van der Waals surface area contributed by atoms with Gasteiger partial charge in [0.05, 0.1) is 13.1 Å². The lowest BCUT2D eigenvalue weighted by molar-refractivity contribution is -0.158. The van der Waals surface area contributed by atoms with Gasteiger partial charge in [-0.2, -0.15) is 5.01 Å². The quantitative estimate of drug-likeness (QED) is 0.409. The molecule has 0 radical (unpaired) electrons. The van der Waals surface area contributed by atoms with E-state index in [1.165, 1.54) is 9.80 Å². The summed E-state index contributed by atoms with van der Waals surface area (Å²) in [4.78, 5) is 45.8. The molecule has 0 aliphatic carbocycles. The van der Waals surface area contributed by atoms with Crippen LogP contribution in [-0.2, 0) is 22.7 Å². The minimum absolute atomic E-state index is 0.0275. The van der Waals surface area contributed by atoms with Crippen LogP contribution in [0.1, 0.15) is 36.1 Å². The maximum Gasteiger partial charge on any atom is 0.334 e. The average Bonchev–Trinajstić information content (AvgIpc) is 3.29. The summed E-state index contributed by atoms with van der Waals surface area (Å²) < 4.78 is 28.6. The van der Waals surface area contributed by atoms with Gasteiger partial charge < -0.3 is 14.7 Å². The first-order valence-electron chi connectivity index (χ1n) is 13.7. The topological polar surface area (TPSA) is 67.4 Å². The van der Waals surface area contributed by atoms with E-state index >= 15 is 0 Å². The number of urea groups is 1. The first-order chi connectivity index (χ1) is 19.8. The van der Waals surface area contributed by atoms with E-state index in [1.807, 2.05) is 43.3 Å². The van der Waals surface area contributed by atoms with Gasteiger partial charge in [-0.1, -0.05) is 67.6 Å². The Morgan fingerprint density at radius 2 is 1.66 bits per heavy atom. The molecule has 2 heterocycles. The van der Waals surface area contributed by atoms with Crippen molar-refractivity contribution in [2.45, 2.75) is 38.6 Å². The number of hydrazine groups is 1. The standard InChI is InChI=1S/C31H33F2N5O3/c1-3-16-36(31(41)34(2)18-22-10-6-4-7-11-22)37-21-28(39)38-27(37)20-35(19-24-17-25(32)14-15-26(24)33)30(40)29(38)23-12-8-5-9-13-23/h4-15,17,27,29H,3,16,18-21H2,1-2H3/t27-,29+/m1/s1. The number of hydrogen-bond acceptors (Lipinski definition) is 4. The Kier molecular flexibility index (Phi) is 8.30. The summed E-state index contributed by atoms with van der Waals surface area (Å²) >= 11 is 0. The number of piperazine rings is 1. The Morgan fingerprint density at radius 3 is 2.34 bits per heavy atom. The number of rotatable bonds is 8. The maximum atomic E-state index is 14.6. The first-order valence-corrected chi connectivity index (χ1v) is 13.7. The molecule has 0 saturated carbocycles. The zero-order chi connectivity index (χ0) is 29.1. The van der Waals surface area contributed by atoms with Gasteiger partial charge >= 0.3 is 6.03 Å². The summed E-state index contributed by atoms with van der Waals surface area (Å²) in [5, 5.41) is 3.29. The molecular weight excluding hydrogens is 528 g/mol. The van der Waals surface area contributed by atoms with Gasteiger partial charge in [0.25, 0.3) is 5.91 Å². The largest absolute Gasteiger partial charge is 0.334 e. The van der Waals surface area contributed by atoms with Crippen LogP contribution in [0.4, 0.5) is 13.6 Å². The molecule has 2 aliphatic rings. The van der Waals surface area contributed by atoms with E-state index in [9.17, 15) is 23.2 Å². The third-order valence-electron chi connectivity index (χ3n) is 7.50. The summed E-state index contributed by atoms with van der Waals surface area (Å²) in [5.74, 6) is -1.90. The van der Waals surface area contributed by atoms with Crippen LogP contribution in [-0.4, -0.2) is 75.4 Å². The second kappa shape index (κ2) is 12.1. The molecule has 0 spiro atoms. The van der Waals surface area contributed by atoms with Crippen molar-refractivity contribution in [2.75, 3.05) is 26.7 Å². The number of hydrogen-bond donors (Lipinski definition) is 0. The van der Waals surface area contributed by atoms with E-state index in [1.54, 1.807) is 46.2 Å². The van der Waals surface area contributed by atoms with Crippen molar-refractivity contribution < 1.29 is 23.2 Å². The van der Waals surface area contributed by atoms with E-state index in [-0.39, 0.29) is 43.0 Å². The SMILES string of the molecule is CCCN(C(=O)N(C)Cc1ccccc1)N1CC(=O)N2[C@@H](c3ccccc3)C(=O)N(Cc3cc(F)ccc3F)C[C@@H]21. The van der Waals surface area contributed by atoms with Crippen molar-refractivity contribution in [2.24, 2.45) is 0 Å². The zero-order valence-corrected chi connectivity index (χ0v) is 23.1. The van der Waals surface area contributed by atoms with Crippen molar-refractivity contribution in [1.82, 2.24) is 24.7 Å². The molecule has 41 heavy (non-hydrogen) atoms. The number of carbonyl (C=O) groups is 3. The average molecular weight is 562 g/mol. The third-order valence-corrected chi connectivity index (χ3v) is 7.50. The van der Waals surface area contributed by atoms with Gasteiger partial charge in [-0.25, -0.2) is 13.6 Å². The predicted molar refractivity (Wildman–Crippen MR) is 149 cm³/mol. The molecule has 2 atom stereocenters. The highest BCUT2D eigenvalue weighted by Gasteiger charge is 2.52. The fourth-order valence-corrected chi connectivity index (χ4v) is 5.58. The van der Waals surface area contributed by atoms with Gasteiger partial charge in [-0.05, 0) is 35.7 Å². The minimum Gasteiger partial charge on any atom is -0.333 e. The number of fused-ring (bicyclic) bond motifs is 1. The molecule has 0 N–H and O–H groups in total. The Labute approximate surface area is 238 Å². The highest BCUT2D eigenvalue weighted by Crippen LogP contribution is 2.36. The maximum absolute atomic E-state index is 14.6. The third kappa shape index (κ3) is 5.78. The number of halogens is 2. The van der Waals surface area contributed by atoms with Crippen LogP contribution in [0.5, 0.6) is 0 Å². The molecule has 2 aliphatic heterocycles. The summed E-state index contributed by atoms with van der Waals surface area (Å²) in [5.41, 5.74) is 1.62. The Bertz CT molecular complexity index is 1410. The molecule has 2 fully saturated rings. The van der Waals surface area contributed by atoms with Gasteiger partial charge in [0.1, 0.15) is 23.8 Å². The lowest BCUT2D eigenvalue weighted by Gasteiger charge is -2.46. The smallest absolute Gasteiger partial charge is 0.333 e. The van der Waals surface area contributed by atoms with Crippen LogP contribution in [0.2, 0.25) is 0 Å². The molecule has 214 valence electrons. The van der Waals surface area contributed by atoms with Crippen LogP contribution in [0.15, 0.2) is 78.9 Å². The number of nitrogens with zero attached hydrogens (tertiary/aromatic N) is 5. The molecule has 10 heteroatoms. The molecule has 5 rings (SSSR count). The van der Waals surface area contributed by atoms with E-state index in [0.717, 1.165) is 23.8 Å². The van der Waals surface area contributed by atoms with Crippen molar-refractivity contribution in [3.05, 3.63) is 107 Å². The van der Waals surface area contributed by atoms with Crippen molar-refractivity contribution in [3.63, 3.8) is 0 Å². The van der Waals surface area contributed by atoms with E-state index in [0.29, 0.717) is 25.1 Å². The minimum atomic E-state index is -0.968. The molecule has 4 amide bonds. The lowest BCUT2D eigenvalue weighted by atomic mass is 10.00. The van der Waals surface area contributed by atoms with Crippen LogP contribution < -0.4 is 0 Å². The fraction of sp³-hybridized carbons (Fsp3) is 0.323. The van der Waals surface area contributed by atoms with Gasteiger partial charge in [0.15, 0.2) is 0 Å². The molecule has 2 saturated heterocycles. The predicted octanol–water partition coefficient (Wildman–Crippen LogP) is 4.40. The van der Waals surface area contributed by atoms with Crippen LogP contribution in [0.3, 0.4) is 0 Å². The lowest BCUT2D eigenvalue weighted by Crippen LogP contribution is -2.63. The number of amides is 4. The van der Waals surface area contributed by atoms with Gasteiger partial charge in [-0.15, -0.1) is 0 Å². The Hall–Kier alpha value is -4.31. The summed E-state index contributed by atoms with van der Waals surface area (Å²) in [6, 6.07) is 20.4. The Balaban J connectivity index is 1.48. The molecule has 8 nitrogen and oxygen atoms in total. The second-order valence-electron chi connectivity index (χ2n) is 10.4. The Morgan fingerprint density at radius 1 is 0.976 bits per heavy atom. The van der Waals surface area contributed by atoms with E-state index in [2.05, 4.69) is 0 Å². The summed E-state index contributed by atoms with van der Waals surface area (Å²) in [6.45, 7) is 2.45. The fourth-order valence-electron chi connectivity index (χ4n) is 5.58. The van der Waals surface area contributed by atoms with Gasteiger partial charge in [0.2, 0.25) is 5.91 Å². The van der Waals surface area contributed by atoms with Crippen LogP contribution in [0.25, 0.3) is 0 Å². The van der Waals surface area contributed by atoms with Crippen molar-refractivity contribution in [3.8, 4) is 0 Å². The van der Waals surface area contributed by atoms with Crippen LogP contribution in [0, 0.1) is 11.6 Å². The highest BCUT2D eigenvalue weighted by molar-refractivity contribution is 5.92. The van der Waals surface area contributed by atoms with Crippen molar-refractivity contribution >= 4 is 17.8 Å². The number of benzene rings is 3.